The minimum Gasteiger partial charge on any atom is -0.338 e. The van der Waals surface area contributed by atoms with Crippen molar-refractivity contribution in [1.82, 2.24) is 15.0 Å². The van der Waals surface area contributed by atoms with Gasteiger partial charge in [0.1, 0.15) is 9.84 Å². The Kier molecular flexibility index (Phi) is 4.73. The number of nitrogens with zero attached hydrogens (tertiary/aromatic N) is 3. The first kappa shape index (κ1) is 17.1. The van der Waals surface area contributed by atoms with Crippen molar-refractivity contribution in [3.63, 3.8) is 0 Å². The molecule has 1 aliphatic carbocycles. The normalized spacial score (nSPS) is 16.5. The van der Waals surface area contributed by atoms with Crippen molar-refractivity contribution in [3.8, 4) is 11.4 Å². The molecular weight excluding hydrogens is 326 g/mol. The van der Waals surface area contributed by atoms with Gasteiger partial charge in [0.15, 0.2) is 0 Å². The van der Waals surface area contributed by atoms with Crippen molar-refractivity contribution in [3.05, 3.63) is 35.7 Å². The van der Waals surface area contributed by atoms with E-state index >= 15 is 0 Å². The van der Waals surface area contributed by atoms with E-state index in [9.17, 15) is 8.42 Å². The lowest BCUT2D eigenvalue weighted by Crippen LogP contribution is -2.39. The first-order valence-corrected chi connectivity index (χ1v) is 10.2. The van der Waals surface area contributed by atoms with Gasteiger partial charge in [0.05, 0.1) is 12.3 Å². The molecule has 0 bridgehead atoms. The van der Waals surface area contributed by atoms with Crippen LogP contribution in [-0.2, 0) is 16.4 Å². The molecule has 0 spiro atoms. The predicted octanol–water partition coefficient (Wildman–Crippen LogP) is 2.44. The molecule has 7 heteroatoms. The van der Waals surface area contributed by atoms with Crippen molar-refractivity contribution in [2.24, 2.45) is 0 Å². The van der Waals surface area contributed by atoms with E-state index in [1.54, 1.807) is 0 Å². The van der Waals surface area contributed by atoms with Gasteiger partial charge in [-0.1, -0.05) is 35.0 Å². The van der Waals surface area contributed by atoms with Crippen molar-refractivity contribution in [1.29, 1.82) is 0 Å². The monoisotopic (exact) mass is 349 g/mol. The highest BCUT2D eigenvalue weighted by Crippen LogP contribution is 2.30. The fraction of sp³-hybridized carbons (Fsp3) is 0.529. The summed E-state index contributed by atoms with van der Waals surface area (Å²) in [6.45, 7) is 4.46. The first-order chi connectivity index (χ1) is 11.3. The molecule has 6 nitrogen and oxygen atoms in total. The van der Waals surface area contributed by atoms with Gasteiger partial charge in [-0.3, -0.25) is 4.90 Å². The van der Waals surface area contributed by atoms with Crippen LogP contribution in [-0.4, -0.2) is 47.6 Å². The second kappa shape index (κ2) is 6.64. The lowest BCUT2D eigenvalue weighted by atomic mass is 10.1. The number of rotatable bonds is 7. The summed E-state index contributed by atoms with van der Waals surface area (Å²) in [4.78, 5) is 6.63. The maximum atomic E-state index is 11.6. The molecule has 1 aliphatic rings. The Hall–Kier alpha value is -1.73. The Morgan fingerprint density at radius 1 is 1.29 bits per heavy atom. The van der Waals surface area contributed by atoms with Gasteiger partial charge in [-0.25, -0.2) is 8.42 Å². The highest BCUT2D eigenvalue weighted by atomic mass is 32.2. The molecule has 1 heterocycles. The third-order valence-corrected chi connectivity index (χ3v) is 5.31. The van der Waals surface area contributed by atoms with E-state index in [0.717, 1.165) is 18.4 Å². The van der Waals surface area contributed by atoms with E-state index in [1.807, 2.05) is 38.1 Å². The maximum Gasteiger partial charge on any atom is 0.241 e. The zero-order chi connectivity index (χ0) is 17.3. The van der Waals surface area contributed by atoms with Crippen LogP contribution in [0.5, 0.6) is 0 Å². The summed E-state index contributed by atoms with van der Waals surface area (Å²) >= 11 is 0. The summed E-state index contributed by atoms with van der Waals surface area (Å²) in [6, 6.07) is 8.30. The van der Waals surface area contributed by atoms with Gasteiger partial charge in [0.2, 0.25) is 11.7 Å². The third kappa shape index (κ3) is 4.42. The van der Waals surface area contributed by atoms with Crippen LogP contribution >= 0.6 is 0 Å². The lowest BCUT2D eigenvalue weighted by Gasteiger charge is -2.26. The Morgan fingerprint density at radius 3 is 2.54 bits per heavy atom. The van der Waals surface area contributed by atoms with Gasteiger partial charge in [-0.15, -0.1) is 0 Å². The minimum atomic E-state index is -3.02. The third-order valence-electron chi connectivity index (χ3n) is 4.22. The van der Waals surface area contributed by atoms with Crippen LogP contribution < -0.4 is 0 Å². The molecule has 1 saturated carbocycles. The number of aryl methyl sites for hydroxylation is 1. The number of aromatic nitrogens is 2. The molecule has 0 N–H and O–H groups in total. The summed E-state index contributed by atoms with van der Waals surface area (Å²) in [5.74, 6) is 1.23. The van der Waals surface area contributed by atoms with Crippen molar-refractivity contribution >= 4 is 9.84 Å². The van der Waals surface area contributed by atoms with Crippen LogP contribution in [0.15, 0.2) is 28.8 Å². The molecule has 0 aliphatic heterocycles. The highest BCUT2D eigenvalue weighted by molar-refractivity contribution is 7.90. The SMILES string of the molecule is Cc1ccc(-c2noc(CN(C3CC3)[C@H](C)CS(C)(=O)=O)n2)cc1. The van der Waals surface area contributed by atoms with Gasteiger partial charge in [-0.05, 0) is 26.7 Å². The molecule has 0 saturated heterocycles. The Labute approximate surface area is 142 Å². The largest absolute Gasteiger partial charge is 0.338 e. The first-order valence-electron chi connectivity index (χ1n) is 8.15. The molecule has 1 fully saturated rings. The molecular formula is C17H23N3O3S. The summed E-state index contributed by atoms with van der Waals surface area (Å²) < 4.78 is 28.5. The van der Waals surface area contributed by atoms with Gasteiger partial charge in [-0.2, -0.15) is 4.98 Å². The van der Waals surface area contributed by atoms with E-state index in [-0.39, 0.29) is 11.8 Å². The van der Waals surface area contributed by atoms with Crippen LogP contribution in [0, 0.1) is 6.92 Å². The van der Waals surface area contributed by atoms with E-state index < -0.39 is 9.84 Å². The summed E-state index contributed by atoms with van der Waals surface area (Å²) in [5.41, 5.74) is 2.09. The predicted molar refractivity (Wildman–Crippen MR) is 92.2 cm³/mol. The highest BCUT2D eigenvalue weighted by Gasteiger charge is 2.34. The fourth-order valence-corrected chi connectivity index (χ4v) is 3.95. The zero-order valence-electron chi connectivity index (χ0n) is 14.3. The van der Waals surface area contributed by atoms with E-state index in [1.165, 1.54) is 11.8 Å². The summed E-state index contributed by atoms with van der Waals surface area (Å²) in [5, 5.41) is 4.05. The quantitative estimate of drug-likeness (QED) is 0.764. The van der Waals surface area contributed by atoms with E-state index in [0.29, 0.717) is 24.3 Å². The molecule has 0 amide bonds. The smallest absolute Gasteiger partial charge is 0.241 e. The average molecular weight is 349 g/mol. The van der Waals surface area contributed by atoms with Crippen molar-refractivity contribution in [2.75, 3.05) is 12.0 Å². The Morgan fingerprint density at radius 2 is 1.96 bits per heavy atom. The molecule has 24 heavy (non-hydrogen) atoms. The average Bonchev–Trinajstić information content (AvgIpc) is 3.22. The molecule has 2 aromatic rings. The topological polar surface area (TPSA) is 76.3 Å². The lowest BCUT2D eigenvalue weighted by molar-refractivity contribution is 0.177. The Bertz CT molecular complexity index is 795. The molecule has 3 rings (SSSR count). The molecule has 0 radical (unpaired) electrons. The second-order valence-corrected chi connectivity index (χ2v) is 8.91. The fourth-order valence-electron chi connectivity index (χ4n) is 2.88. The molecule has 1 aromatic heterocycles. The number of sulfone groups is 1. The molecule has 130 valence electrons. The summed E-state index contributed by atoms with van der Waals surface area (Å²) in [6.07, 6.45) is 3.46. The van der Waals surface area contributed by atoms with Crippen LogP contribution in [0.4, 0.5) is 0 Å². The number of benzene rings is 1. The van der Waals surface area contributed by atoms with Gasteiger partial charge in [0.25, 0.3) is 0 Å². The second-order valence-electron chi connectivity index (χ2n) is 6.72. The summed E-state index contributed by atoms with van der Waals surface area (Å²) in [7, 11) is -3.02. The van der Waals surface area contributed by atoms with Gasteiger partial charge >= 0.3 is 0 Å². The van der Waals surface area contributed by atoms with Crippen LogP contribution in [0.3, 0.4) is 0 Å². The van der Waals surface area contributed by atoms with E-state index in [2.05, 4.69) is 15.0 Å². The maximum absolute atomic E-state index is 11.6. The molecule has 1 atom stereocenters. The number of hydrogen-bond donors (Lipinski definition) is 0. The molecule has 1 aromatic carbocycles. The number of hydrogen-bond acceptors (Lipinski definition) is 6. The van der Waals surface area contributed by atoms with Gasteiger partial charge in [0, 0.05) is 23.9 Å². The molecule has 0 unspecified atom stereocenters. The van der Waals surface area contributed by atoms with Crippen molar-refractivity contribution in [2.45, 2.75) is 45.3 Å². The zero-order valence-corrected chi connectivity index (χ0v) is 15.1. The van der Waals surface area contributed by atoms with Crippen molar-refractivity contribution < 1.29 is 12.9 Å². The standard InChI is InChI=1S/C17H23N3O3S/c1-12-4-6-14(7-5-12)17-18-16(23-19-17)10-20(15-8-9-15)13(2)11-24(3,21)22/h4-7,13,15H,8-11H2,1-3H3/t13-/m1/s1. The van der Waals surface area contributed by atoms with Crippen LogP contribution in [0.1, 0.15) is 31.2 Å². The van der Waals surface area contributed by atoms with Crippen LogP contribution in [0.25, 0.3) is 11.4 Å². The minimum absolute atomic E-state index is 0.0674. The van der Waals surface area contributed by atoms with Crippen LogP contribution in [0.2, 0.25) is 0 Å². The Balaban J connectivity index is 1.73. The van der Waals surface area contributed by atoms with Gasteiger partial charge < -0.3 is 4.52 Å². The van der Waals surface area contributed by atoms with E-state index in [4.69, 9.17) is 4.52 Å².